The third-order valence-electron chi connectivity index (χ3n) is 4.72. The molecule has 120 valence electrons. The Labute approximate surface area is 129 Å². The van der Waals surface area contributed by atoms with Gasteiger partial charge in [0.2, 0.25) is 0 Å². The summed E-state index contributed by atoms with van der Waals surface area (Å²) >= 11 is 0. The maximum Gasteiger partial charge on any atom is 0.151 e. The van der Waals surface area contributed by atoms with E-state index in [0.29, 0.717) is 12.1 Å². The van der Waals surface area contributed by atoms with Gasteiger partial charge in [0.1, 0.15) is 0 Å². The Morgan fingerprint density at radius 2 is 2.05 bits per heavy atom. The van der Waals surface area contributed by atoms with Crippen LogP contribution in [0.3, 0.4) is 0 Å². The molecular formula is C17H31N3O. The van der Waals surface area contributed by atoms with Crippen molar-refractivity contribution >= 4 is 0 Å². The molecule has 1 aliphatic carbocycles. The van der Waals surface area contributed by atoms with Crippen LogP contribution in [0.25, 0.3) is 0 Å². The van der Waals surface area contributed by atoms with Gasteiger partial charge in [-0.15, -0.1) is 0 Å². The summed E-state index contributed by atoms with van der Waals surface area (Å²) in [6.45, 7) is 8.25. The van der Waals surface area contributed by atoms with Crippen molar-refractivity contribution in [3.63, 3.8) is 0 Å². The maximum absolute atomic E-state index is 5.47. The van der Waals surface area contributed by atoms with E-state index in [-0.39, 0.29) is 0 Å². The number of aromatic nitrogens is 1. The van der Waals surface area contributed by atoms with Gasteiger partial charge in [-0.25, -0.2) is 0 Å². The maximum atomic E-state index is 5.47. The number of nitrogens with zero attached hydrogens (tertiary/aromatic N) is 2. The first-order valence-corrected chi connectivity index (χ1v) is 8.46. The van der Waals surface area contributed by atoms with E-state index in [4.69, 9.17) is 4.52 Å². The summed E-state index contributed by atoms with van der Waals surface area (Å²) in [7, 11) is 2.21. The summed E-state index contributed by atoms with van der Waals surface area (Å²) in [5.41, 5.74) is 1.00. The van der Waals surface area contributed by atoms with Crippen LogP contribution in [0.1, 0.15) is 64.3 Å². The molecule has 0 saturated heterocycles. The summed E-state index contributed by atoms with van der Waals surface area (Å²) in [4.78, 5) is 2.44. The van der Waals surface area contributed by atoms with Crippen molar-refractivity contribution in [3.8, 4) is 0 Å². The lowest BCUT2D eigenvalue weighted by molar-refractivity contribution is 0.145. The summed E-state index contributed by atoms with van der Waals surface area (Å²) in [6.07, 6.45) is 6.75. The molecule has 1 saturated carbocycles. The van der Waals surface area contributed by atoms with E-state index in [1.54, 1.807) is 0 Å². The molecule has 0 aromatic carbocycles. The van der Waals surface area contributed by atoms with Gasteiger partial charge in [-0.3, -0.25) is 4.90 Å². The van der Waals surface area contributed by atoms with Crippen molar-refractivity contribution in [2.75, 3.05) is 7.05 Å². The summed E-state index contributed by atoms with van der Waals surface area (Å²) < 4.78 is 5.47. The van der Waals surface area contributed by atoms with Crippen LogP contribution < -0.4 is 5.32 Å². The summed E-state index contributed by atoms with van der Waals surface area (Å²) in [5.74, 6) is 1.93. The van der Waals surface area contributed by atoms with Gasteiger partial charge in [0.05, 0.1) is 12.2 Å². The largest absolute Gasteiger partial charge is 0.360 e. The Morgan fingerprint density at radius 3 is 2.67 bits per heavy atom. The number of hydrogen-bond donors (Lipinski definition) is 1. The number of hydrogen-bond acceptors (Lipinski definition) is 4. The van der Waals surface area contributed by atoms with Gasteiger partial charge in [-0.2, -0.15) is 0 Å². The monoisotopic (exact) mass is 293 g/mol. The van der Waals surface area contributed by atoms with E-state index in [2.05, 4.69) is 49.3 Å². The van der Waals surface area contributed by atoms with Crippen LogP contribution in [-0.4, -0.2) is 29.2 Å². The van der Waals surface area contributed by atoms with Crippen molar-refractivity contribution in [2.45, 2.75) is 78.0 Å². The quantitative estimate of drug-likeness (QED) is 0.834. The minimum atomic E-state index is 0.474. The van der Waals surface area contributed by atoms with Crippen LogP contribution in [0.2, 0.25) is 0 Å². The molecule has 1 fully saturated rings. The molecule has 0 atom stereocenters. The van der Waals surface area contributed by atoms with E-state index in [1.807, 2.05) is 0 Å². The Kier molecular flexibility index (Phi) is 6.24. The SMILES string of the molecule is CCC1CCC(N(C)Cc2cc(CNC(C)C)no2)CC1. The lowest BCUT2D eigenvalue weighted by Gasteiger charge is -2.33. The van der Waals surface area contributed by atoms with Crippen LogP contribution in [0.15, 0.2) is 10.6 Å². The minimum Gasteiger partial charge on any atom is -0.360 e. The highest BCUT2D eigenvalue weighted by atomic mass is 16.5. The van der Waals surface area contributed by atoms with Crippen molar-refractivity contribution in [3.05, 3.63) is 17.5 Å². The zero-order valence-corrected chi connectivity index (χ0v) is 14.1. The lowest BCUT2D eigenvalue weighted by Crippen LogP contribution is -2.34. The molecule has 1 aliphatic rings. The van der Waals surface area contributed by atoms with Gasteiger partial charge >= 0.3 is 0 Å². The van der Waals surface area contributed by atoms with Gasteiger partial charge in [-0.1, -0.05) is 32.3 Å². The molecule has 4 nitrogen and oxygen atoms in total. The van der Waals surface area contributed by atoms with E-state index < -0.39 is 0 Å². The second kappa shape index (κ2) is 7.95. The van der Waals surface area contributed by atoms with Crippen LogP contribution in [-0.2, 0) is 13.1 Å². The van der Waals surface area contributed by atoms with Crippen molar-refractivity contribution in [2.24, 2.45) is 5.92 Å². The second-order valence-corrected chi connectivity index (χ2v) is 6.82. The molecule has 1 heterocycles. The molecule has 21 heavy (non-hydrogen) atoms. The molecule has 0 amide bonds. The summed E-state index contributed by atoms with van der Waals surface area (Å²) in [5, 5.41) is 7.51. The number of rotatable bonds is 7. The molecule has 1 N–H and O–H groups in total. The number of nitrogens with one attached hydrogen (secondary N) is 1. The highest BCUT2D eigenvalue weighted by Gasteiger charge is 2.23. The molecule has 1 aromatic rings. The van der Waals surface area contributed by atoms with Crippen LogP contribution in [0.4, 0.5) is 0 Å². The van der Waals surface area contributed by atoms with Gasteiger partial charge in [0.15, 0.2) is 5.76 Å². The molecule has 1 aromatic heterocycles. The smallest absolute Gasteiger partial charge is 0.151 e. The highest BCUT2D eigenvalue weighted by Crippen LogP contribution is 2.29. The van der Waals surface area contributed by atoms with Gasteiger partial charge in [-0.05, 0) is 38.6 Å². The first kappa shape index (κ1) is 16.5. The topological polar surface area (TPSA) is 41.3 Å². The van der Waals surface area contributed by atoms with Crippen LogP contribution >= 0.6 is 0 Å². The normalized spacial score (nSPS) is 23.1. The molecule has 0 radical (unpaired) electrons. The van der Waals surface area contributed by atoms with Crippen LogP contribution in [0.5, 0.6) is 0 Å². The molecular weight excluding hydrogens is 262 g/mol. The lowest BCUT2D eigenvalue weighted by atomic mass is 9.84. The molecule has 0 aliphatic heterocycles. The minimum absolute atomic E-state index is 0.474. The van der Waals surface area contributed by atoms with Crippen LogP contribution in [0, 0.1) is 5.92 Å². The Morgan fingerprint density at radius 1 is 1.33 bits per heavy atom. The first-order valence-electron chi connectivity index (χ1n) is 8.46. The van der Waals surface area contributed by atoms with E-state index >= 15 is 0 Å². The Balaban J connectivity index is 1.78. The van der Waals surface area contributed by atoms with Gasteiger partial charge in [0.25, 0.3) is 0 Å². The summed E-state index contributed by atoms with van der Waals surface area (Å²) in [6, 6.07) is 3.26. The first-order chi connectivity index (χ1) is 10.1. The van der Waals surface area contributed by atoms with Crippen molar-refractivity contribution < 1.29 is 4.52 Å². The predicted octanol–water partition coefficient (Wildman–Crippen LogP) is 3.57. The molecule has 0 spiro atoms. The third kappa shape index (κ3) is 5.11. The molecule has 0 bridgehead atoms. The fourth-order valence-corrected chi connectivity index (χ4v) is 3.19. The standard InChI is InChI=1S/C17H31N3O/c1-5-14-6-8-16(9-7-14)20(4)12-17-10-15(19-21-17)11-18-13(2)3/h10,13-14,16,18H,5-9,11-12H2,1-4H3. The van der Waals surface area contributed by atoms with Crippen molar-refractivity contribution in [1.82, 2.24) is 15.4 Å². The van der Waals surface area contributed by atoms with Gasteiger partial charge < -0.3 is 9.84 Å². The Hall–Kier alpha value is -0.870. The fraction of sp³-hybridized carbons (Fsp3) is 0.824. The van der Waals surface area contributed by atoms with Gasteiger partial charge in [0, 0.05) is 24.7 Å². The van der Waals surface area contributed by atoms with Crippen molar-refractivity contribution in [1.29, 1.82) is 0 Å². The zero-order valence-electron chi connectivity index (χ0n) is 14.1. The fourth-order valence-electron chi connectivity index (χ4n) is 3.19. The Bertz CT molecular complexity index is 408. The zero-order chi connectivity index (χ0) is 15.2. The predicted molar refractivity (Wildman–Crippen MR) is 86.0 cm³/mol. The second-order valence-electron chi connectivity index (χ2n) is 6.82. The van der Waals surface area contributed by atoms with E-state index in [1.165, 1.54) is 32.1 Å². The highest BCUT2D eigenvalue weighted by molar-refractivity contribution is 5.05. The molecule has 0 unspecified atom stereocenters. The molecule has 4 heteroatoms. The average Bonchev–Trinajstić information content (AvgIpc) is 2.92. The van der Waals surface area contributed by atoms with E-state index in [9.17, 15) is 0 Å². The average molecular weight is 293 g/mol. The van der Waals surface area contributed by atoms with E-state index in [0.717, 1.165) is 30.5 Å². The molecule has 2 rings (SSSR count). The third-order valence-corrected chi connectivity index (χ3v) is 4.72.